The number of nitrogens with zero attached hydrogens (tertiary/aromatic N) is 2. The minimum atomic E-state index is -0.216. The van der Waals surface area contributed by atoms with Crippen molar-refractivity contribution in [3.8, 4) is 0 Å². The summed E-state index contributed by atoms with van der Waals surface area (Å²) in [5.41, 5.74) is 2.93. The molecule has 0 radical (unpaired) electrons. The van der Waals surface area contributed by atoms with Crippen molar-refractivity contribution in [3.63, 3.8) is 0 Å². The van der Waals surface area contributed by atoms with Gasteiger partial charge in [-0.15, -0.1) is 0 Å². The molecule has 106 valence electrons. The van der Waals surface area contributed by atoms with Crippen LogP contribution in [0.25, 0.3) is 0 Å². The molecule has 2 N–H and O–H groups in total. The van der Waals surface area contributed by atoms with Gasteiger partial charge in [0.1, 0.15) is 12.0 Å². The van der Waals surface area contributed by atoms with E-state index in [0.717, 1.165) is 11.3 Å². The van der Waals surface area contributed by atoms with Crippen LogP contribution in [0, 0.1) is 0 Å². The summed E-state index contributed by atoms with van der Waals surface area (Å²) in [6, 6.07) is 1.71. The summed E-state index contributed by atoms with van der Waals surface area (Å²) in [7, 11) is 0. The number of amides is 1. The van der Waals surface area contributed by atoms with Gasteiger partial charge in [-0.1, -0.05) is 5.16 Å². The number of H-pyrrole nitrogens is 1. The van der Waals surface area contributed by atoms with Crippen LogP contribution < -0.4 is 5.32 Å². The third-order valence-corrected chi connectivity index (χ3v) is 3.37. The molecule has 2 atom stereocenters. The van der Waals surface area contributed by atoms with Crippen LogP contribution in [-0.4, -0.2) is 27.4 Å². The SMILES string of the molecule is C[C@@H]1Cc2c(C(=O)NCc3ccon3)n[nH]c2[C@H](C)O1. The molecule has 7 nitrogen and oxygen atoms in total. The minimum absolute atomic E-state index is 0.0710. The Kier molecular flexibility index (Phi) is 3.27. The molecule has 1 amide bonds. The standard InChI is InChI=1S/C13H16N4O3/c1-7-5-10-11(8(2)20-7)15-16-12(10)13(18)14-6-9-3-4-19-17-9/h3-4,7-8H,5-6H2,1-2H3,(H,14,18)(H,15,16)/t7-,8+/m1/s1. The second kappa shape index (κ2) is 5.09. The zero-order valence-electron chi connectivity index (χ0n) is 11.3. The molecule has 1 aliphatic rings. The molecule has 20 heavy (non-hydrogen) atoms. The highest BCUT2D eigenvalue weighted by molar-refractivity contribution is 5.94. The van der Waals surface area contributed by atoms with Crippen LogP contribution in [-0.2, 0) is 17.7 Å². The normalized spacial score (nSPS) is 21.5. The maximum atomic E-state index is 12.2. The zero-order chi connectivity index (χ0) is 14.1. The van der Waals surface area contributed by atoms with E-state index in [1.165, 1.54) is 6.26 Å². The number of rotatable bonds is 3. The van der Waals surface area contributed by atoms with Crippen LogP contribution in [0.15, 0.2) is 16.9 Å². The fourth-order valence-corrected chi connectivity index (χ4v) is 2.44. The van der Waals surface area contributed by atoms with Gasteiger partial charge in [0.25, 0.3) is 5.91 Å². The Hall–Kier alpha value is -2.15. The molecule has 1 aliphatic heterocycles. The molecule has 2 aromatic heterocycles. The average molecular weight is 276 g/mol. The molecular formula is C13H16N4O3. The van der Waals surface area contributed by atoms with Gasteiger partial charge < -0.3 is 14.6 Å². The van der Waals surface area contributed by atoms with Gasteiger partial charge in [-0.05, 0) is 13.8 Å². The van der Waals surface area contributed by atoms with Crippen molar-refractivity contribution in [1.82, 2.24) is 20.7 Å². The summed E-state index contributed by atoms with van der Waals surface area (Å²) >= 11 is 0. The number of ether oxygens (including phenoxy) is 1. The molecular weight excluding hydrogens is 260 g/mol. The first-order valence-electron chi connectivity index (χ1n) is 6.55. The summed E-state index contributed by atoms with van der Waals surface area (Å²) in [4.78, 5) is 12.2. The molecule has 0 unspecified atom stereocenters. The first-order valence-corrected chi connectivity index (χ1v) is 6.55. The monoisotopic (exact) mass is 276 g/mol. The van der Waals surface area contributed by atoms with Gasteiger partial charge in [0.2, 0.25) is 0 Å². The Balaban J connectivity index is 1.75. The Bertz CT molecular complexity index is 605. The van der Waals surface area contributed by atoms with Gasteiger partial charge in [-0.25, -0.2) is 0 Å². The van der Waals surface area contributed by atoms with Crippen molar-refractivity contribution >= 4 is 5.91 Å². The lowest BCUT2D eigenvalue weighted by Crippen LogP contribution is -2.27. The molecule has 0 aromatic carbocycles. The van der Waals surface area contributed by atoms with Crippen LogP contribution in [0.5, 0.6) is 0 Å². The number of aromatic amines is 1. The maximum absolute atomic E-state index is 12.2. The van der Waals surface area contributed by atoms with E-state index in [2.05, 4.69) is 20.7 Å². The van der Waals surface area contributed by atoms with Gasteiger partial charge in [-0.3, -0.25) is 9.89 Å². The number of fused-ring (bicyclic) bond motifs is 1. The van der Waals surface area contributed by atoms with Crippen molar-refractivity contribution in [1.29, 1.82) is 0 Å². The van der Waals surface area contributed by atoms with E-state index in [-0.39, 0.29) is 18.1 Å². The van der Waals surface area contributed by atoms with Crippen LogP contribution in [0.2, 0.25) is 0 Å². The highest BCUT2D eigenvalue weighted by atomic mass is 16.5. The second-order valence-corrected chi connectivity index (χ2v) is 4.93. The van der Waals surface area contributed by atoms with Gasteiger partial charge in [-0.2, -0.15) is 5.10 Å². The van der Waals surface area contributed by atoms with Crippen LogP contribution in [0.3, 0.4) is 0 Å². The average Bonchev–Trinajstić information content (AvgIpc) is 3.04. The zero-order valence-corrected chi connectivity index (χ0v) is 11.3. The Morgan fingerprint density at radius 3 is 3.15 bits per heavy atom. The number of nitrogens with one attached hydrogen (secondary N) is 2. The highest BCUT2D eigenvalue weighted by Crippen LogP contribution is 2.29. The van der Waals surface area contributed by atoms with E-state index in [4.69, 9.17) is 9.26 Å². The van der Waals surface area contributed by atoms with Crippen molar-refractivity contribution in [2.24, 2.45) is 0 Å². The van der Waals surface area contributed by atoms with E-state index in [1.807, 2.05) is 13.8 Å². The Labute approximate surface area is 115 Å². The van der Waals surface area contributed by atoms with Crippen LogP contribution in [0.1, 0.15) is 47.4 Å². The number of hydrogen-bond donors (Lipinski definition) is 2. The molecule has 3 heterocycles. The highest BCUT2D eigenvalue weighted by Gasteiger charge is 2.29. The smallest absolute Gasteiger partial charge is 0.272 e. The maximum Gasteiger partial charge on any atom is 0.272 e. The molecule has 0 saturated heterocycles. The van der Waals surface area contributed by atoms with Gasteiger partial charge >= 0.3 is 0 Å². The first-order chi connectivity index (χ1) is 9.65. The topological polar surface area (TPSA) is 93.0 Å². The van der Waals surface area contributed by atoms with Crippen molar-refractivity contribution in [3.05, 3.63) is 35.0 Å². The van der Waals surface area contributed by atoms with Crippen LogP contribution >= 0.6 is 0 Å². The van der Waals surface area contributed by atoms with Crippen molar-refractivity contribution in [2.45, 2.75) is 39.0 Å². The third-order valence-electron chi connectivity index (χ3n) is 3.37. The molecule has 0 fully saturated rings. The molecule has 3 rings (SSSR count). The number of carbonyl (C=O) groups is 1. The van der Waals surface area contributed by atoms with Gasteiger partial charge in [0.05, 0.1) is 24.4 Å². The first kappa shape index (κ1) is 12.9. The fraction of sp³-hybridized carbons (Fsp3) is 0.462. The van der Waals surface area contributed by atoms with Crippen molar-refractivity contribution < 1.29 is 14.1 Å². The summed E-state index contributed by atoms with van der Waals surface area (Å²) in [6.45, 7) is 4.26. The predicted molar refractivity (Wildman–Crippen MR) is 68.9 cm³/mol. The predicted octanol–water partition coefficient (Wildman–Crippen LogP) is 1.35. The van der Waals surface area contributed by atoms with Gasteiger partial charge in [0.15, 0.2) is 5.69 Å². The van der Waals surface area contributed by atoms with E-state index < -0.39 is 0 Å². The molecule has 0 saturated carbocycles. The second-order valence-electron chi connectivity index (χ2n) is 4.93. The van der Waals surface area contributed by atoms with E-state index in [1.54, 1.807) is 6.07 Å². The molecule has 7 heteroatoms. The van der Waals surface area contributed by atoms with Crippen molar-refractivity contribution in [2.75, 3.05) is 0 Å². The number of aromatic nitrogens is 3. The summed E-state index contributed by atoms with van der Waals surface area (Å²) in [5, 5.41) is 13.5. The fourth-order valence-electron chi connectivity index (χ4n) is 2.44. The number of hydrogen-bond acceptors (Lipinski definition) is 5. The number of carbonyl (C=O) groups excluding carboxylic acids is 1. The molecule has 2 aromatic rings. The molecule has 0 bridgehead atoms. The lowest BCUT2D eigenvalue weighted by atomic mass is 9.99. The molecule has 0 aliphatic carbocycles. The quantitative estimate of drug-likeness (QED) is 0.882. The largest absolute Gasteiger partial charge is 0.369 e. The summed E-state index contributed by atoms with van der Waals surface area (Å²) in [5.74, 6) is -0.216. The van der Waals surface area contributed by atoms with E-state index >= 15 is 0 Å². The Morgan fingerprint density at radius 2 is 2.40 bits per heavy atom. The lowest BCUT2D eigenvalue weighted by molar-refractivity contribution is -0.00697. The Morgan fingerprint density at radius 1 is 1.55 bits per heavy atom. The molecule has 0 spiro atoms. The van der Waals surface area contributed by atoms with E-state index in [0.29, 0.717) is 24.4 Å². The third kappa shape index (κ3) is 2.32. The summed E-state index contributed by atoms with van der Waals surface area (Å²) < 4.78 is 10.4. The van der Waals surface area contributed by atoms with Crippen LogP contribution in [0.4, 0.5) is 0 Å². The van der Waals surface area contributed by atoms with Gasteiger partial charge in [0, 0.05) is 18.1 Å². The summed E-state index contributed by atoms with van der Waals surface area (Å²) in [6.07, 6.45) is 2.16. The minimum Gasteiger partial charge on any atom is -0.369 e. The van der Waals surface area contributed by atoms with E-state index in [9.17, 15) is 4.79 Å². The lowest BCUT2D eigenvalue weighted by Gasteiger charge is -2.25.